The molecule has 34 heavy (non-hydrogen) atoms. The fraction of sp³-hybridized carbons (Fsp3) is 0.348. The average Bonchev–Trinajstić information content (AvgIpc) is 3.40. The van der Waals surface area contributed by atoms with Crippen LogP contribution < -0.4 is 5.32 Å². The molecule has 5 rings (SSSR count). The number of rotatable bonds is 4. The predicted octanol–water partition coefficient (Wildman–Crippen LogP) is 4.12. The van der Waals surface area contributed by atoms with Crippen molar-refractivity contribution >= 4 is 11.7 Å². The van der Waals surface area contributed by atoms with E-state index in [-0.39, 0.29) is 35.4 Å². The van der Waals surface area contributed by atoms with Crippen LogP contribution in [0.5, 0.6) is 0 Å². The van der Waals surface area contributed by atoms with E-state index < -0.39 is 17.6 Å². The molecule has 2 fully saturated rings. The first-order valence-corrected chi connectivity index (χ1v) is 10.8. The van der Waals surface area contributed by atoms with Crippen molar-refractivity contribution in [2.45, 2.75) is 38.0 Å². The number of piperidine rings is 1. The van der Waals surface area contributed by atoms with Crippen molar-refractivity contribution in [3.8, 4) is 11.4 Å². The van der Waals surface area contributed by atoms with Crippen LogP contribution in [-0.4, -0.2) is 49.4 Å². The molecule has 0 aromatic carbocycles. The molecule has 1 aliphatic heterocycles. The Bertz CT molecular complexity index is 1220. The van der Waals surface area contributed by atoms with E-state index in [0.29, 0.717) is 23.6 Å². The summed E-state index contributed by atoms with van der Waals surface area (Å²) in [5, 5.41) is 3.19. The number of amides is 1. The van der Waals surface area contributed by atoms with Crippen molar-refractivity contribution < 1.29 is 22.4 Å². The zero-order chi connectivity index (χ0) is 24.0. The number of pyridine rings is 2. The van der Waals surface area contributed by atoms with Crippen molar-refractivity contribution in [3.63, 3.8) is 0 Å². The molecule has 1 aliphatic carbocycles. The number of aromatic nitrogens is 4. The number of aryl methyl sites for hydroxylation is 1. The lowest BCUT2D eigenvalue weighted by Gasteiger charge is -2.34. The molecule has 1 N–H and O–H groups in total. The third-order valence-corrected chi connectivity index (χ3v) is 6.27. The van der Waals surface area contributed by atoms with Crippen molar-refractivity contribution in [3.05, 3.63) is 65.6 Å². The number of hydrogen-bond acceptors (Lipinski definition) is 6. The summed E-state index contributed by atoms with van der Waals surface area (Å²) in [6, 6.07) is 5.40. The van der Waals surface area contributed by atoms with Crippen molar-refractivity contribution in [1.29, 1.82) is 0 Å². The zero-order valence-corrected chi connectivity index (χ0v) is 18.1. The maximum absolute atomic E-state index is 13.6. The number of halogens is 4. The average molecular weight is 472 g/mol. The maximum atomic E-state index is 13.6. The maximum Gasteiger partial charge on any atom is 0.417 e. The van der Waals surface area contributed by atoms with Crippen molar-refractivity contribution in [2.24, 2.45) is 5.92 Å². The summed E-state index contributed by atoms with van der Waals surface area (Å²) in [5.74, 6) is -0.0844. The highest BCUT2D eigenvalue weighted by molar-refractivity contribution is 5.98. The van der Waals surface area contributed by atoms with E-state index in [1.165, 1.54) is 6.07 Å². The minimum Gasteiger partial charge on any atom is -0.365 e. The van der Waals surface area contributed by atoms with E-state index in [1.807, 2.05) is 0 Å². The molecule has 7 nitrogen and oxygen atoms in total. The lowest BCUT2D eigenvalue weighted by atomic mass is 10.0. The van der Waals surface area contributed by atoms with Gasteiger partial charge < -0.3 is 10.2 Å². The van der Waals surface area contributed by atoms with Gasteiger partial charge in [-0.15, -0.1) is 0 Å². The summed E-state index contributed by atoms with van der Waals surface area (Å²) in [5.41, 5.74) is 0.420. The minimum absolute atomic E-state index is 0.151. The molecule has 0 radical (unpaired) electrons. The molecule has 0 unspecified atom stereocenters. The van der Waals surface area contributed by atoms with Crippen LogP contribution in [0.4, 0.5) is 23.4 Å². The van der Waals surface area contributed by atoms with Crippen LogP contribution in [0.25, 0.3) is 11.4 Å². The van der Waals surface area contributed by atoms with Crippen LogP contribution >= 0.6 is 0 Å². The van der Waals surface area contributed by atoms with E-state index in [2.05, 4.69) is 25.3 Å². The fourth-order valence-electron chi connectivity index (χ4n) is 4.74. The summed E-state index contributed by atoms with van der Waals surface area (Å²) >= 11 is 0. The van der Waals surface area contributed by atoms with E-state index >= 15 is 0 Å². The van der Waals surface area contributed by atoms with Crippen molar-refractivity contribution in [1.82, 2.24) is 24.8 Å². The summed E-state index contributed by atoms with van der Waals surface area (Å²) < 4.78 is 51.7. The van der Waals surface area contributed by atoms with Crippen LogP contribution in [0.15, 0.2) is 42.9 Å². The quantitative estimate of drug-likeness (QED) is 0.576. The van der Waals surface area contributed by atoms with E-state index in [4.69, 9.17) is 0 Å². The Balaban J connectivity index is 1.38. The second-order valence-electron chi connectivity index (χ2n) is 8.62. The Morgan fingerprint density at radius 3 is 2.47 bits per heavy atom. The standard InChI is InChI=1S/C23H20F4N6O/c1-12-2-4-16(21-29-9-15(24)10-30-21)20(31-12)22(34)33-11-13-6-17(18(33)7-13)32-19-5-3-14(8-28-19)23(25,26)27/h2-5,8-10,13,17-18H,6-7,11H2,1H3,(H,28,32)/t13-,17+,18-/m0/s1. The van der Waals surface area contributed by atoms with Gasteiger partial charge in [0.2, 0.25) is 0 Å². The van der Waals surface area contributed by atoms with Gasteiger partial charge in [-0.3, -0.25) is 4.79 Å². The monoisotopic (exact) mass is 472 g/mol. The number of likely N-dealkylation sites (tertiary alicyclic amines) is 1. The van der Waals surface area contributed by atoms with E-state index in [1.54, 1.807) is 24.0 Å². The Morgan fingerprint density at radius 1 is 1.06 bits per heavy atom. The van der Waals surface area contributed by atoms with Crippen LogP contribution in [0.1, 0.15) is 34.6 Å². The van der Waals surface area contributed by atoms with Gasteiger partial charge in [-0.25, -0.2) is 24.3 Å². The second-order valence-corrected chi connectivity index (χ2v) is 8.62. The highest BCUT2D eigenvalue weighted by atomic mass is 19.4. The summed E-state index contributed by atoms with van der Waals surface area (Å²) in [7, 11) is 0. The Kier molecular flexibility index (Phi) is 5.41. The number of anilines is 1. The Labute approximate surface area is 192 Å². The topological polar surface area (TPSA) is 83.9 Å². The highest BCUT2D eigenvalue weighted by Gasteiger charge is 2.47. The number of alkyl halides is 3. The SMILES string of the molecule is Cc1ccc(-c2ncc(F)cn2)c(C(=O)N2C[C@H]3C[C@@H](Nc4ccc(C(F)(F)F)cn4)[C@@H]2C3)n1. The number of nitrogens with zero attached hydrogens (tertiary/aromatic N) is 5. The van der Waals surface area contributed by atoms with Gasteiger partial charge in [0.15, 0.2) is 11.6 Å². The second kappa shape index (κ2) is 8.30. The van der Waals surface area contributed by atoms with E-state index in [9.17, 15) is 22.4 Å². The lowest BCUT2D eigenvalue weighted by Crippen LogP contribution is -2.48. The van der Waals surface area contributed by atoms with Gasteiger partial charge in [-0.2, -0.15) is 13.2 Å². The highest BCUT2D eigenvalue weighted by Crippen LogP contribution is 2.40. The predicted molar refractivity (Wildman–Crippen MR) is 114 cm³/mol. The summed E-state index contributed by atoms with van der Waals surface area (Å²) in [6.07, 6.45) is -0.0286. The Morgan fingerprint density at radius 2 is 1.82 bits per heavy atom. The molecule has 3 aromatic rings. The fourth-order valence-corrected chi connectivity index (χ4v) is 4.74. The number of carbonyl (C=O) groups excluding carboxylic acids is 1. The molecule has 2 aliphatic rings. The molecule has 3 atom stereocenters. The third kappa shape index (κ3) is 4.17. The molecule has 176 valence electrons. The zero-order valence-electron chi connectivity index (χ0n) is 18.1. The number of hydrogen-bond donors (Lipinski definition) is 1. The molecular weight excluding hydrogens is 452 g/mol. The van der Waals surface area contributed by atoms with Crippen LogP contribution in [-0.2, 0) is 6.18 Å². The van der Waals surface area contributed by atoms with Crippen LogP contribution in [0.3, 0.4) is 0 Å². The van der Waals surface area contributed by atoms with Gasteiger partial charge in [0.1, 0.15) is 11.5 Å². The molecule has 1 saturated carbocycles. The van der Waals surface area contributed by atoms with Crippen LogP contribution in [0, 0.1) is 18.7 Å². The largest absolute Gasteiger partial charge is 0.417 e. The molecule has 4 heterocycles. The molecule has 1 saturated heterocycles. The van der Waals surface area contributed by atoms with Crippen molar-refractivity contribution in [2.75, 3.05) is 11.9 Å². The van der Waals surface area contributed by atoms with E-state index in [0.717, 1.165) is 37.5 Å². The van der Waals surface area contributed by atoms with Gasteiger partial charge in [0, 0.05) is 24.5 Å². The van der Waals surface area contributed by atoms with Gasteiger partial charge >= 0.3 is 6.18 Å². The molecule has 11 heteroatoms. The van der Waals surface area contributed by atoms with Crippen LogP contribution in [0.2, 0.25) is 0 Å². The Hall–Kier alpha value is -3.63. The first-order valence-electron chi connectivity index (χ1n) is 10.8. The van der Waals surface area contributed by atoms with Gasteiger partial charge in [0.05, 0.1) is 29.6 Å². The molecule has 0 spiro atoms. The molecule has 2 bridgehead atoms. The molecular formula is C23H20F4N6O. The smallest absolute Gasteiger partial charge is 0.365 e. The molecule has 3 aromatic heterocycles. The number of carbonyl (C=O) groups is 1. The third-order valence-electron chi connectivity index (χ3n) is 6.27. The van der Waals surface area contributed by atoms with Gasteiger partial charge in [-0.05, 0) is 49.9 Å². The normalized spacial score (nSPS) is 21.7. The number of fused-ring (bicyclic) bond motifs is 2. The summed E-state index contributed by atoms with van der Waals surface area (Å²) in [6.45, 7) is 2.32. The van der Waals surface area contributed by atoms with Gasteiger partial charge in [-0.1, -0.05) is 0 Å². The lowest BCUT2D eigenvalue weighted by molar-refractivity contribution is -0.137. The van der Waals surface area contributed by atoms with Gasteiger partial charge in [0.25, 0.3) is 5.91 Å². The molecule has 1 amide bonds. The summed E-state index contributed by atoms with van der Waals surface area (Å²) in [4.78, 5) is 31.6. The minimum atomic E-state index is -4.45. The first-order chi connectivity index (χ1) is 16.2. The first kappa shape index (κ1) is 22.2. The number of nitrogens with one attached hydrogen (secondary N) is 1.